The zero-order chi connectivity index (χ0) is 18.6. The number of hydrogen-bond donors (Lipinski definition) is 1. The number of ether oxygens (including phenoxy) is 1. The number of hydrogen-bond acceptors (Lipinski definition) is 4. The summed E-state index contributed by atoms with van der Waals surface area (Å²) >= 11 is 0. The number of carbonyl (C=O) groups is 2. The second kappa shape index (κ2) is 23.1. The summed E-state index contributed by atoms with van der Waals surface area (Å²) in [5.74, 6) is -0.886. The third-order valence-electron chi connectivity index (χ3n) is 4.53. The number of esters is 2. The van der Waals surface area contributed by atoms with E-state index in [9.17, 15) is 9.59 Å². The van der Waals surface area contributed by atoms with E-state index in [0.717, 1.165) is 12.8 Å². The standard InChI is InChI=1S/C21H41NO3.Na.H/c1-3-4-5-6-7-8-9-10-11-12-13-14-15-16-17-18-20(23)25-21(24)19-22-2;;/h22H,3-19H2,1-2H3;;/q;+1;-1. The molecule has 0 rings (SSSR count). The maximum atomic E-state index is 11.4. The summed E-state index contributed by atoms with van der Waals surface area (Å²) in [5, 5.41) is 2.67. The van der Waals surface area contributed by atoms with E-state index >= 15 is 0 Å². The molecule has 1 N–H and O–H groups in total. The van der Waals surface area contributed by atoms with Crippen LogP contribution >= 0.6 is 0 Å². The number of nitrogens with one attached hydrogen (secondary N) is 1. The van der Waals surface area contributed by atoms with Crippen molar-refractivity contribution in [2.45, 2.75) is 110 Å². The van der Waals surface area contributed by atoms with Gasteiger partial charge in [0.05, 0.1) is 6.54 Å². The van der Waals surface area contributed by atoms with Crippen LogP contribution in [-0.2, 0) is 14.3 Å². The molecule has 150 valence electrons. The Morgan fingerprint density at radius 3 is 1.46 bits per heavy atom. The molecular weight excluding hydrogens is 337 g/mol. The first-order chi connectivity index (χ1) is 12.2. The van der Waals surface area contributed by atoms with Crippen LogP contribution in [0.15, 0.2) is 0 Å². The van der Waals surface area contributed by atoms with Gasteiger partial charge < -0.3 is 11.5 Å². The number of carbonyl (C=O) groups excluding carboxylic acids is 2. The largest absolute Gasteiger partial charge is 1.00 e. The molecule has 0 aliphatic carbocycles. The van der Waals surface area contributed by atoms with Crippen molar-refractivity contribution >= 4 is 11.9 Å². The second-order valence-electron chi connectivity index (χ2n) is 7.08. The van der Waals surface area contributed by atoms with Gasteiger partial charge in [0.15, 0.2) is 0 Å². The maximum absolute atomic E-state index is 11.4. The fourth-order valence-corrected chi connectivity index (χ4v) is 3.00. The van der Waals surface area contributed by atoms with Gasteiger partial charge in [-0.05, 0) is 13.5 Å². The minimum atomic E-state index is -0.492. The van der Waals surface area contributed by atoms with E-state index in [2.05, 4.69) is 17.0 Å². The van der Waals surface area contributed by atoms with Gasteiger partial charge in [-0.2, -0.15) is 0 Å². The van der Waals surface area contributed by atoms with E-state index in [4.69, 9.17) is 0 Å². The molecule has 0 saturated heterocycles. The van der Waals surface area contributed by atoms with Gasteiger partial charge >= 0.3 is 41.5 Å². The molecule has 0 aliphatic rings. The number of likely N-dealkylation sites (N-methyl/N-ethyl adjacent to an activating group) is 1. The van der Waals surface area contributed by atoms with Crippen molar-refractivity contribution in [2.75, 3.05) is 13.6 Å². The first-order valence-corrected chi connectivity index (χ1v) is 10.6. The molecule has 0 radical (unpaired) electrons. The van der Waals surface area contributed by atoms with Gasteiger partial charge in [-0.3, -0.25) is 9.59 Å². The quantitative estimate of drug-likeness (QED) is 0.172. The molecular formula is C21H42NNaO3. The molecule has 0 amide bonds. The Balaban J connectivity index is -0.00000288. The molecule has 0 atom stereocenters. The Morgan fingerprint density at radius 1 is 0.692 bits per heavy atom. The van der Waals surface area contributed by atoms with Gasteiger partial charge in [-0.15, -0.1) is 0 Å². The molecule has 0 aliphatic heterocycles. The Bertz CT molecular complexity index is 331. The van der Waals surface area contributed by atoms with Gasteiger partial charge in [-0.1, -0.05) is 96.8 Å². The fourth-order valence-electron chi connectivity index (χ4n) is 3.00. The normalized spacial score (nSPS) is 10.4. The van der Waals surface area contributed by atoms with Crippen LogP contribution < -0.4 is 34.9 Å². The summed E-state index contributed by atoms with van der Waals surface area (Å²) in [4.78, 5) is 22.5. The van der Waals surface area contributed by atoms with Crippen LogP contribution in [0.25, 0.3) is 0 Å². The zero-order valence-corrected chi connectivity index (χ0v) is 19.7. The summed E-state index contributed by atoms with van der Waals surface area (Å²) < 4.78 is 4.67. The van der Waals surface area contributed by atoms with Crippen LogP contribution in [0.3, 0.4) is 0 Å². The van der Waals surface area contributed by atoms with Gasteiger partial charge in [0.1, 0.15) is 0 Å². The maximum Gasteiger partial charge on any atom is 1.00 e. The molecule has 0 heterocycles. The molecule has 0 saturated carbocycles. The average molecular weight is 380 g/mol. The van der Waals surface area contributed by atoms with Crippen LogP contribution in [0.1, 0.15) is 111 Å². The van der Waals surface area contributed by atoms with Crippen molar-refractivity contribution in [3.63, 3.8) is 0 Å². The minimum Gasteiger partial charge on any atom is -1.00 e. The van der Waals surface area contributed by atoms with Crippen LogP contribution in [0.5, 0.6) is 0 Å². The van der Waals surface area contributed by atoms with Crippen molar-refractivity contribution in [1.29, 1.82) is 0 Å². The molecule has 5 heteroatoms. The summed E-state index contributed by atoms with van der Waals surface area (Å²) in [6.07, 6.45) is 19.9. The van der Waals surface area contributed by atoms with Crippen molar-refractivity contribution < 1.29 is 45.3 Å². The van der Waals surface area contributed by atoms with Crippen molar-refractivity contribution in [2.24, 2.45) is 0 Å². The monoisotopic (exact) mass is 379 g/mol. The van der Waals surface area contributed by atoms with Crippen LogP contribution in [-0.4, -0.2) is 25.5 Å². The number of rotatable bonds is 18. The molecule has 0 spiro atoms. The van der Waals surface area contributed by atoms with Crippen molar-refractivity contribution in [3.05, 3.63) is 0 Å². The zero-order valence-electron chi connectivity index (χ0n) is 18.7. The molecule has 0 aromatic carbocycles. The van der Waals surface area contributed by atoms with E-state index in [1.165, 1.54) is 83.5 Å². The predicted molar refractivity (Wildman–Crippen MR) is 106 cm³/mol. The fraction of sp³-hybridized carbons (Fsp3) is 0.905. The summed E-state index contributed by atoms with van der Waals surface area (Å²) in [6, 6.07) is 0. The minimum absolute atomic E-state index is 0. The van der Waals surface area contributed by atoms with Crippen LogP contribution in [0, 0.1) is 0 Å². The van der Waals surface area contributed by atoms with E-state index < -0.39 is 11.9 Å². The molecule has 26 heavy (non-hydrogen) atoms. The summed E-state index contributed by atoms with van der Waals surface area (Å²) in [7, 11) is 1.65. The molecule has 0 aromatic rings. The average Bonchev–Trinajstić information content (AvgIpc) is 2.58. The van der Waals surface area contributed by atoms with E-state index in [1.54, 1.807) is 7.05 Å². The van der Waals surface area contributed by atoms with E-state index in [-0.39, 0.29) is 37.5 Å². The molecule has 4 nitrogen and oxygen atoms in total. The van der Waals surface area contributed by atoms with Gasteiger partial charge in [0.2, 0.25) is 0 Å². The Labute approximate surface area is 185 Å². The first-order valence-electron chi connectivity index (χ1n) is 10.6. The van der Waals surface area contributed by atoms with E-state index in [1.807, 2.05) is 0 Å². The smallest absolute Gasteiger partial charge is 1.00 e. The second-order valence-corrected chi connectivity index (χ2v) is 7.08. The predicted octanol–water partition coefficient (Wildman–Crippen LogP) is 2.65. The Hall–Kier alpha value is 0.1000. The topological polar surface area (TPSA) is 55.4 Å². The van der Waals surface area contributed by atoms with Gasteiger partial charge in [0.25, 0.3) is 0 Å². The SMILES string of the molecule is CCCCCCCCCCCCCCCCCC(=O)OC(=O)CNC.[H-].[Na+]. The van der Waals surface area contributed by atoms with Gasteiger partial charge in [-0.25, -0.2) is 0 Å². The molecule has 0 fully saturated rings. The van der Waals surface area contributed by atoms with Crippen molar-refractivity contribution in [1.82, 2.24) is 5.32 Å². The van der Waals surface area contributed by atoms with E-state index in [0.29, 0.717) is 6.42 Å². The summed E-state index contributed by atoms with van der Waals surface area (Å²) in [5.41, 5.74) is 0. The third-order valence-corrected chi connectivity index (χ3v) is 4.53. The first kappa shape index (κ1) is 28.3. The molecule has 0 bridgehead atoms. The van der Waals surface area contributed by atoms with Crippen LogP contribution in [0.2, 0.25) is 0 Å². The number of unbranched alkanes of at least 4 members (excludes halogenated alkanes) is 14. The Kier molecular flexibility index (Phi) is 25.2. The summed E-state index contributed by atoms with van der Waals surface area (Å²) in [6.45, 7) is 2.35. The third kappa shape index (κ3) is 22.1. The molecule has 0 unspecified atom stereocenters. The Morgan fingerprint density at radius 2 is 1.08 bits per heavy atom. The van der Waals surface area contributed by atoms with Crippen molar-refractivity contribution in [3.8, 4) is 0 Å². The van der Waals surface area contributed by atoms with Gasteiger partial charge in [0, 0.05) is 6.42 Å². The van der Waals surface area contributed by atoms with Crippen LogP contribution in [0.4, 0.5) is 0 Å². The molecule has 0 aromatic heterocycles.